The summed E-state index contributed by atoms with van der Waals surface area (Å²) in [6, 6.07) is 4.98. The molecule has 0 aromatic heterocycles. The maximum absolute atomic E-state index is 11.0. The molecule has 15 heavy (non-hydrogen) atoms. The van der Waals surface area contributed by atoms with Crippen LogP contribution < -0.4 is 0 Å². The molecule has 0 atom stereocenters. The summed E-state index contributed by atoms with van der Waals surface area (Å²) in [5, 5.41) is 0. The molecule has 0 saturated heterocycles. The van der Waals surface area contributed by atoms with E-state index in [4.69, 9.17) is 4.55 Å². The van der Waals surface area contributed by atoms with Gasteiger partial charge < -0.3 is 0 Å². The van der Waals surface area contributed by atoms with Crippen molar-refractivity contribution >= 4 is 10.1 Å². The first-order valence-corrected chi connectivity index (χ1v) is 6.15. The first-order chi connectivity index (χ1) is 6.62. The summed E-state index contributed by atoms with van der Waals surface area (Å²) >= 11 is 0. The van der Waals surface area contributed by atoms with Gasteiger partial charge in [-0.25, -0.2) is 0 Å². The van der Waals surface area contributed by atoms with Gasteiger partial charge in [0.05, 0.1) is 4.90 Å². The van der Waals surface area contributed by atoms with E-state index in [1.807, 2.05) is 0 Å². The highest BCUT2D eigenvalue weighted by atomic mass is 32.2. The zero-order valence-electron chi connectivity index (χ0n) is 9.40. The fourth-order valence-electron chi connectivity index (χ4n) is 1.41. The Hall–Kier alpha value is -0.870. The zero-order valence-corrected chi connectivity index (χ0v) is 10.2. The number of benzene rings is 1. The summed E-state index contributed by atoms with van der Waals surface area (Å²) in [4.78, 5) is -0.0181. The normalized spacial score (nSPS) is 12.9. The first kappa shape index (κ1) is 12.2. The lowest BCUT2D eigenvalue weighted by molar-refractivity contribution is 0.482. The quantitative estimate of drug-likeness (QED) is 0.751. The number of hydrogen-bond donors (Lipinski definition) is 1. The Kier molecular flexibility index (Phi) is 2.94. The van der Waals surface area contributed by atoms with Gasteiger partial charge in [0.2, 0.25) is 0 Å². The Morgan fingerprint density at radius 2 is 1.73 bits per heavy atom. The standard InChI is InChI=1S/C11H16O3S/c1-8-7-9(11(2,3)4)5-6-10(8)15(12,13)14/h5-7H,1-4H3,(H,12,13,14). The molecule has 0 saturated carbocycles. The summed E-state index contributed by atoms with van der Waals surface area (Å²) in [5.41, 5.74) is 1.60. The van der Waals surface area contributed by atoms with Gasteiger partial charge in [-0.05, 0) is 29.5 Å². The van der Waals surface area contributed by atoms with Gasteiger partial charge in [-0.2, -0.15) is 8.42 Å². The third-order valence-electron chi connectivity index (χ3n) is 2.32. The van der Waals surface area contributed by atoms with Crippen molar-refractivity contribution in [1.82, 2.24) is 0 Å². The average molecular weight is 228 g/mol. The van der Waals surface area contributed by atoms with Crippen LogP contribution in [0, 0.1) is 6.92 Å². The van der Waals surface area contributed by atoms with Gasteiger partial charge in [-0.1, -0.05) is 32.9 Å². The maximum Gasteiger partial charge on any atom is 0.294 e. The van der Waals surface area contributed by atoms with Crippen molar-refractivity contribution in [2.45, 2.75) is 38.0 Å². The summed E-state index contributed by atoms with van der Waals surface area (Å²) in [6.07, 6.45) is 0. The van der Waals surface area contributed by atoms with Crippen LogP contribution in [0.15, 0.2) is 23.1 Å². The van der Waals surface area contributed by atoms with E-state index < -0.39 is 10.1 Å². The summed E-state index contributed by atoms with van der Waals surface area (Å²) in [5.74, 6) is 0. The van der Waals surface area contributed by atoms with Crippen LogP contribution in [0.3, 0.4) is 0 Å². The van der Waals surface area contributed by atoms with Gasteiger partial charge in [-0.3, -0.25) is 4.55 Å². The molecule has 0 radical (unpaired) electrons. The van der Waals surface area contributed by atoms with Crippen molar-refractivity contribution in [3.63, 3.8) is 0 Å². The lowest BCUT2D eigenvalue weighted by Crippen LogP contribution is -2.12. The lowest BCUT2D eigenvalue weighted by atomic mass is 9.86. The number of aryl methyl sites for hydroxylation is 1. The molecular weight excluding hydrogens is 212 g/mol. The lowest BCUT2D eigenvalue weighted by Gasteiger charge is -2.20. The van der Waals surface area contributed by atoms with E-state index in [0.717, 1.165) is 5.56 Å². The molecular formula is C11H16O3S. The van der Waals surface area contributed by atoms with Crippen LogP contribution in [0.4, 0.5) is 0 Å². The van der Waals surface area contributed by atoms with Crippen molar-refractivity contribution in [3.05, 3.63) is 29.3 Å². The average Bonchev–Trinajstić information content (AvgIpc) is 1.99. The Bertz CT molecular complexity index is 467. The third-order valence-corrected chi connectivity index (χ3v) is 3.33. The maximum atomic E-state index is 11.0. The van der Waals surface area contributed by atoms with Crippen LogP contribution in [0.1, 0.15) is 31.9 Å². The molecule has 0 bridgehead atoms. The number of hydrogen-bond acceptors (Lipinski definition) is 2. The molecule has 0 heterocycles. The van der Waals surface area contributed by atoms with Gasteiger partial charge >= 0.3 is 0 Å². The molecule has 1 aromatic rings. The summed E-state index contributed by atoms with van der Waals surface area (Å²) in [7, 11) is -4.10. The molecule has 3 nitrogen and oxygen atoms in total. The molecule has 0 spiro atoms. The van der Waals surface area contributed by atoms with E-state index in [1.165, 1.54) is 6.07 Å². The second-order valence-electron chi connectivity index (χ2n) is 4.71. The highest BCUT2D eigenvalue weighted by molar-refractivity contribution is 7.85. The fraction of sp³-hybridized carbons (Fsp3) is 0.455. The minimum atomic E-state index is -4.10. The molecule has 4 heteroatoms. The van der Waals surface area contributed by atoms with Crippen molar-refractivity contribution in [3.8, 4) is 0 Å². The van der Waals surface area contributed by atoms with Gasteiger partial charge in [0.25, 0.3) is 10.1 Å². The van der Waals surface area contributed by atoms with Crippen molar-refractivity contribution in [2.75, 3.05) is 0 Å². The van der Waals surface area contributed by atoms with Crippen LogP contribution in [0.2, 0.25) is 0 Å². The SMILES string of the molecule is Cc1cc(C(C)(C)C)ccc1S(=O)(=O)O. The summed E-state index contributed by atoms with van der Waals surface area (Å²) < 4.78 is 30.9. The van der Waals surface area contributed by atoms with E-state index in [9.17, 15) is 8.42 Å². The smallest absolute Gasteiger partial charge is 0.282 e. The van der Waals surface area contributed by atoms with Crippen LogP contribution >= 0.6 is 0 Å². The number of rotatable bonds is 1. The molecule has 1 aromatic carbocycles. The first-order valence-electron chi connectivity index (χ1n) is 4.71. The molecule has 0 aliphatic heterocycles. The van der Waals surface area contributed by atoms with Gasteiger partial charge in [0.1, 0.15) is 0 Å². The van der Waals surface area contributed by atoms with Crippen LogP contribution in [0.5, 0.6) is 0 Å². The van der Waals surface area contributed by atoms with Crippen LogP contribution in [-0.4, -0.2) is 13.0 Å². The largest absolute Gasteiger partial charge is 0.294 e. The zero-order chi connectivity index (χ0) is 11.9. The molecule has 0 amide bonds. The van der Waals surface area contributed by atoms with Gasteiger partial charge in [-0.15, -0.1) is 0 Å². The van der Waals surface area contributed by atoms with E-state index in [1.54, 1.807) is 19.1 Å². The van der Waals surface area contributed by atoms with Crippen LogP contribution in [-0.2, 0) is 15.5 Å². The Morgan fingerprint density at radius 3 is 2.07 bits per heavy atom. The van der Waals surface area contributed by atoms with E-state index in [-0.39, 0.29) is 10.3 Å². The second kappa shape index (κ2) is 3.61. The van der Waals surface area contributed by atoms with Gasteiger partial charge in [0, 0.05) is 0 Å². The minimum Gasteiger partial charge on any atom is -0.282 e. The molecule has 1 rings (SSSR count). The highest BCUT2D eigenvalue weighted by Crippen LogP contribution is 2.25. The topological polar surface area (TPSA) is 54.4 Å². The van der Waals surface area contributed by atoms with Crippen molar-refractivity contribution in [1.29, 1.82) is 0 Å². The van der Waals surface area contributed by atoms with Crippen LogP contribution in [0.25, 0.3) is 0 Å². The van der Waals surface area contributed by atoms with Crippen molar-refractivity contribution < 1.29 is 13.0 Å². The van der Waals surface area contributed by atoms with E-state index in [2.05, 4.69) is 20.8 Å². The van der Waals surface area contributed by atoms with E-state index >= 15 is 0 Å². The Morgan fingerprint density at radius 1 is 1.20 bits per heavy atom. The molecule has 84 valence electrons. The molecule has 0 unspecified atom stereocenters. The molecule has 0 aliphatic rings. The molecule has 0 aliphatic carbocycles. The van der Waals surface area contributed by atoms with Gasteiger partial charge in [0.15, 0.2) is 0 Å². The second-order valence-corrected chi connectivity index (χ2v) is 6.10. The summed E-state index contributed by atoms with van der Waals surface area (Å²) in [6.45, 7) is 7.83. The molecule has 0 fully saturated rings. The molecule has 1 N–H and O–H groups in total. The Labute approximate surface area is 90.9 Å². The predicted molar refractivity (Wildman–Crippen MR) is 59.7 cm³/mol. The monoisotopic (exact) mass is 228 g/mol. The fourth-order valence-corrected chi connectivity index (χ4v) is 2.11. The minimum absolute atomic E-state index is 0.0181. The predicted octanol–water partition coefficient (Wildman–Crippen LogP) is 2.54. The van der Waals surface area contributed by atoms with E-state index in [0.29, 0.717) is 5.56 Å². The Balaban J connectivity index is 3.34. The third kappa shape index (κ3) is 2.79. The highest BCUT2D eigenvalue weighted by Gasteiger charge is 2.18. The van der Waals surface area contributed by atoms with Crippen molar-refractivity contribution in [2.24, 2.45) is 0 Å².